The number of amides is 2. The van der Waals surface area contributed by atoms with Crippen molar-refractivity contribution in [3.63, 3.8) is 0 Å². The molecule has 1 aromatic heterocycles. The van der Waals surface area contributed by atoms with Gasteiger partial charge < -0.3 is 19.7 Å². The lowest BCUT2D eigenvalue weighted by Crippen LogP contribution is -2.42. The summed E-state index contributed by atoms with van der Waals surface area (Å²) in [7, 11) is 0. The number of nitrogens with zero attached hydrogens (tertiary/aromatic N) is 1. The van der Waals surface area contributed by atoms with E-state index in [0.29, 0.717) is 24.4 Å². The predicted molar refractivity (Wildman–Crippen MR) is 89.1 cm³/mol. The minimum Gasteiger partial charge on any atom is -0.464 e. The van der Waals surface area contributed by atoms with Gasteiger partial charge in [-0.05, 0) is 56.0 Å². The molecule has 0 aliphatic carbocycles. The van der Waals surface area contributed by atoms with Crippen LogP contribution >= 0.6 is 0 Å². The van der Waals surface area contributed by atoms with Crippen LogP contribution in [0.3, 0.4) is 0 Å². The van der Waals surface area contributed by atoms with Crippen molar-refractivity contribution in [1.29, 1.82) is 0 Å². The van der Waals surface area contributed by atoms with Crippen molar-refractivity contribution in [2.45, 2.75) is 25.9 Å². The molecule has 0 radical (unpaired) electrons. The van der Waals surface area contributed by atoms with Gasteiger partial charge in [-0.3, -0.25) is 0 Å². The Kier molecular flexibility index (Phi) is 4.85. The van der Waals surface area contributed by atoms with Gasteiger partial charge in [0.05, 0.1) is 18.1 Å². The van der Waals surface area contributed by atoms with Crippen LogP contribution in [0.4, 0.5) is 14.9 Å². The Bertz CT molecular complexity index is 692. The highest BCUT2D eigenvalue weighted by atomic mass is 19.1. The normalized spacial score (nSPS) is 16.9. The molecule has 6 heteroatoms. The Morgan fingerprint density at radius 1 is 1.38 bits per heavy atom. The zero-order chi connectivity index (χ0) is 17.1. The molecule has 2 amide bonds. The summed E-state index contributed by atoms with van der Waals surface area (Å²) >= 11 is 0. The second-order valence-corrected chi connectivity index (χ2v) is 6.17. The largest absolute Gasteiger partial charge is 0.464 e. The highest BCUT2D eigenvalue weighted by Crippen LogP contribution is 2.26. The molecule has 5 nitrogen and oxygen atoms in total. The summed E-state index contributed by atoms with van der Waals surface area (Å²) in [5.74, 6) is 0.342. The molecule has 2 aromatic rings. The van der Waals surface area contributed by atoms with Crippen LogP contribution in [0.1, 0.15) is 19.8 Å². The van der Waals surface area contributed by atoms with Crippen molar-refractivity contribution in [2.24, 2.45) is 5.92 Å². The number of carbonyl (C=O) groups is 1. The number of piperidine rings is 1. The third kappa shape index (κ3) is 3.59. The van der Waals surface area contributed by atoms with Gasteiger partial charge in [-0.1, -0.05) is 0 Å². The van der Waals surface area contributed by atoms with Gasteiger partial charge in [-0.15, -0.1) is 0 Å². The van der Waals surface area contributed by atoms with Gasteiger partial charge in [0.15, 0.2) is 0 Å². The molecule has 2 heterocycles. The van der Waals surface area contributed by atoms with Crippen LogP contribution in [0.5, 0.6) is 0 Å². The number of hydrogen-bond donors (Lipinski definition) is 2. The lowest BCUT2D eigenvalue weighted by molar-refractivity contribution is 0.0820. The van der Waals surface area contributed by atoms with Crippen LogP contribution in [0.2, 0.25) is 0 Å². The lowest BCUT2D eigenvalue weighted by atomic mass is 9.92. The number of anilines is 1. The molecule has 1 unspecified atom stereocenters. The zero-order valence-electron chi connectivity index (χ0n) is 13.5. The van der Waals surface area contributed by atoms with Crippen LogP contribution in [-0.2, 0) is 0 Å². The SMILES string of the molecule is CC(O)C1CCN(C(=O)Nc2cc(-c3ccco3)ccc2F)CC1. The third-order valence-electron chi connectivity index (χ3n) is 4.52. The highest BCUT2D eigenvalue weighted by Gasteiger charge is 2.25. The number of furan rings is 1. The maximum absolute atomic E-state index is 14.0. The van der Waals surface area contributed by atoms with E-state index in [1.807, 2.05) is 0 Å². The first-order valence-corrected chi connectivity index (χ1v) is 8.12. The lowest BCUT2D eigenvalue weighted by Gasteiger charge is -2.33. The summed E-state index contributed by atoms with van der Waals surface area (Å²) in [4.78, 5) is 14.0. The number of nitrogens with one attached hydrogen (secondary N) is 1. The van der Waals surface area contributed by atoms with Crippen molar-refractivity contribution in [3.8, 4) is 11.3 Å². The van der Waals surface area contributed by atoms with Gasteiger partial charge in [-0.2, -0.15) is 0 Å². The smallest absolute Gasteiger partial charge is 0.321 e. The Labute approximate surface area is 140 Å². The first-order chi connectivity index (χ1) is 11.5. The van der Waals surface area contributed by atoms with Crippen molar-refractivity contribution in [1.82, 2.24) is 4.90 Å². The van der Waals surface area contributed by atoms with E-state index < -0.39 is 5.82 Å². The van der Waals surface area contributed by atoms with Crippen LogP contribution in [0.15, 0.2) is 41.0 Å². The van der Waals surface area contributed by atoms with Gasteiger partial charge in [-0.25, -0.2) is 9.18 Å². The topological polar surface area (TPSA) is 65.7 Å². The molecule has 24 heavy (non-hydrogen) atoms. The van der Waals surface area contributed by atoms with Gasteiger partial charge in [0.2, 0.25) is 0 Å². The Morgan fingerprint density at radius 2 is 2.12 bits per heavy atom. The van der Waals surface area contributed by atoms with Gasteiger partial charge in [0.25, 0.3) is 0 Å². The molecule has 1 fully saturated rings. The number of likely N-dealkylation sites (tertiary alicyclic amines) is 1. The Balaban J connectivity index is 1.67. The summed E-state index contributed by atoms with van der Waals surface area (Å²) in [5, 5.41) is 12.3. The molecule has 1 aromatic carbocycles. The van der Waals surface area contributed by atoms with Crippen LogP contribution < -0.4 is 5.32 Å². The van der Waals surface area contributed by atoms with Gasteiger partial charge >= 0.3 is 6.03 Å². The minimum absolute atomic E-state index is 0.131. The van der Waals surface area contributed by atoms with Crippen LogP contribution in [0.25, 0.3) is 11.3 Å². The predicted octanol–water partition coefficient (Wildman–Crippen LogP) is 3.71. The fourth-order valence-electron chi connectivity index (χ4n) is 3.00. The first-order valence-electron chi connectivity index (χ1n) is 8.12. The molecule has 1 aliphatic heterocycles. The molecule has 0 spiro atoms. The zero-order valence-corrected chi connectivity index (χ0v) is 13.5. The fourth-order valence-corrected chi connectivity index (χ4v) is 3.00. The maximum Gasteiger partial charge on any atom is 0.321 e. The summed E-state index contributed by atoms with van der Waals surface area (Å²) < 4.78 is 19.3. The fraction of sp³-hybridized carbons (Fsp3) is 0.389. The average molecular weight is 332 g/mol. The van der Waals surface area contributed by atoms with Crippen molar-refractivity contribution in [2.75, 3.05) is 18.4 Å². The number of carbonyl (C=O) groups excluding carboxylic acids is 1. The molecular weight excluding hydrogens is 311 g/mol. The molecular formula is C18H21FN2O3. The molecule has 1 atom stereocenters. The maximum atomic E-state index is 14.0. The summed E-state index contributed by atoms with van der Waals surface area (Å²) in [6, 6.07) is 7.69. The van der Waals surface area contributed by atoms with E-state index in [4.69, 9.17) is 4.42 Å². The molecule has 2 N–H and O–H groups in total. The van der Waals surface area contributed by atoms with E-state index in [1.165, 1.54) is 6.07 Å². The van der Waals surface area contributed by atoms with Crippen molar-refractivity contribution in [3.05, 3.63) is 42.4 Å². The standard InChI is InChI=1S/C18H21FN2O3/c1-12(22)13-6-8-21(9-7-13)18(23)20-16-11-14(4-5-15(16)19)17-3-2-10-24-17/h2-5,10-13,22H,6-9H2,1H3,(H,20,23). The number of benzene rings is 1. The van der Waals surface area contributed by atoms with Crippen LogP contribution in [-0.4, -0.2) is 35.2 Å². The van der Waals surface area contributed by atoms with E-state index in [9.17, 15) is 14.3 Å². The summed E-state index contributed by atoms with van der Waals surface area (Å²) in [6.45, 7) is 2.89. The number of aliphatic hydroxyl groups excluding tert-OH is 1. The van der Waals surface area contributed by atoms with E-state index >= 15 is 0 Å². The second-order valence-electron chi connectivity index (χ2n) is 6.17. The monoisotopic (exact) mass is 332 g/mol. The molecule has 1 saturated heterocycles. The van der Waals surface area contributed by atoms with E-state index in [-0.39, 0.29) is 23.7 Å². The summed E-state index contributed by atoms with van der Waals surface area (Å²) in [6.07, 6.45) is 2.68. The molecule has 0 saturated carbocycles. The first kappa shape index (κ1) is 16.5. The molecule has 1 aliphatic rings. The van der Waals surface area contributed by atoms with Crippen molar-refractivity contribution >= 4 is 11.7 Å². The van der Waals surface area contributed by atoms with E-state index in [2.05, 4.69) is 5.32 Å². The molecule has 3 rings (SSSR count). The molecule has 0 bridgehead atoms. The van der Waals surface area contributed by atoms with Gasteiger partial charge in [0, 0.05) is 18.7 Å². The number of urea groups is 1. The third-order valence-corrected chi connectivity index (χ3v) is 4.52. The Hall–Kier alpha value is -2.34. The van der Waals surface area contributed by atoms with E-state index in [1.54, 1.807) is 42.4 Å². The van der Waals surface area contributed by atoms with Gasteiger partial charge in [0.1, 0.15) is 11.6 Å². The Morgan fingerprint density at radius 3 is 2.75 bits per heavy atom. The number of hydrogen-bond acceptors (Lipinski definition) is 3. The average Bonchev–Trinajstić information content (AvgIpc) is 3.11. The molecule has 128 valence electrons. The number of rotatable bonds is 3. The second kappa shape index (κ2) is 7.05. The number of aliphatic hydroxyl groups is 1. The van der Waals surface area contributed by atoms with Crippen LogP contribution in [0, 0.1) is 11.7 Å². The quantitative estimate of drug-likeness (QED) is 0.900. The number of halogens is 1. The summed E-state index contributed by atoms with van der Waals surface area (Å²) in [5.41, 5.74) is 0.830. The minimum atomic E-state index is -0.488. The van der Waals surface area contributed by atoms with Crippen molar-refractivity contribution < 1.29 is 18.7 Å². The highest BCUT2D eigenvalue weighted by molar-refractivity contribution is 5.90. The van der Waals surface area contributed by atoms with E-state index in [0.717, 1.165) is 12.8 Å².